The van der Waals surface area contributed by atoms with Crippen LogP contribution in [0, 0.1) is 0 Å². The predicted molar refractivity (Wildman–Crippen MR) is 66.0 cm³/mol. The highest BCUT2D eigenvalue weighted by molar-refractivity contribution is 7.89. The Hall–Kier alpha value is -0.830. The molecule has 1 aliphatic heterocycles. The minimum atomic E-state index is -4.63. The summed E-state index contributed by atoms with van der Waals surface area (Å²) in [5.74, 6) is 0. The Morgan fingerprint density at radius 3 is 2.35 bits per heavy atom. The van der Waals surface area contributed by atoms with Gasteiger partial charge in [0.25, 0.3) is 0 Å². The Balaban J connectivity index is 2.45. The van der Waals surface area contributed by atoms with E-state index in [1.54, 1.807) is 0 Å². The van der Waals surface area contributed by atoms with E-state index in [1.807, 2.05) is 0 Å². The summed E-state index contributed by atoms with van der Waals surface area (Å²) in [5, 5.41) is -0.232. The van der Waals surface area contributed by atoms with Gasteiger partial charge in [0.1, 0.15) is 4.90 Å². The molecule has 0 saturated carbocycles. The van der Waals surface area contributed by atoms with Gasteiger partial charge in [0.15, 0.2) is 0 Å². The second-order valence-electron chi connectivity index (χ2n) is 4.16. The molecule has 0 amide bonds. The summed E-state index contributed by atoms with van der Waals surface area (Å²) >= 11 is 5.75. The highest BCUT2D eigenvalue weighted by Gasteiger charge is 2.34. The van der Waals surface area contributed by atoms with Gasteiger partial charge in [-0.15, -0.1) is 0 Å². The summed E-state index contributed by atoms with van der Waals surface area (Å²) in [6.07, 6.45) is -4.63. The van der Waals surface area contributed by atoms with Gasteiger partial charge in [-0.05, 0) is 18.2 Å². The smallest absolute Gasteiger partial charge is 0.379 e. The quantitative estimate of drug-likeness (QED) is 0.837. The van der Waals surface area contributed by atoms with E-state index in [1.165, 1.54) is 0 Å². The van der Waals surface area contributed by atoms with E-state index < -0.39 is 26.7 Å². The molecule has 1 fully saturated rings. The summed E-state index contributed by atoms with van der Waals surface area (Å²) in [6.45, 7) is 0.593. The molecule has 0 N–H and O–H groups in total. The third kappa shape index (κ3) is 3.08. The minimum Gasteiger partial charge on any atom is -0.379 e. The number of alkyl halides is 3. The SMILES string of the molecule is O=S(=O)(c1cc(C(F)(F)F)ccc1Cl)N1CCOCC1. The normalized spacial score (nSPS) is 18.2. The van der Waals surface area contributed by atoms with E-state index in [0.29, 0.717) is 6.07 Å². The van der Waals surface area contributed by atoms with Gasteiger partial charge < -0.3 is 4.74 Å². The zero-order valence-electron chi connectivity index (χ0n) is 10.2. The van der Waals surface area contributed by atoms with Crippen LogP contribution >= 0.6 is 11.6 Å². The predicted octanol–water partition coefficient (Wildman–Crippen LogP) is 2.38. The van der Waals surface area contributed by atoms with Crippen molar-refractivity contribution in [3.63, 3.8) is 0 Å². The summed E-state index contributed by atoms with van der Waals surface area (Å²) in [7, 11) is -4.05. The fourth-order valence-corrected chi connectivity index (χ4v) is 3.71. The third-order valence-electron chi connectivity index (χ3n) is 2.85. The Morgan fingerprint density at radius 2 is 1.80 bits per heavy atom. The first-order valence-corrected chi connectivity index (χ1v) is 7.49. The molecule has 0 unspecified atom stereocenters. The number of benzene rings is 1. The largest absolute Gasteiger partial charge is 0.416 e. The van der Waals surface area contributed by atoms with Gasteiger partial charge in [0.05, 0.1) is 23.8 Å². The van der Waals surface area contributed by atoms with Crippen molar-refractivity contribution in [2.75, 3.05) is 26.3 Å². The Kier molecular flexibility index (Phi) is 4.29. The number of hydrogen-bond acceptors (Lipinski definition) is 3. The zero-order chi connectivity index (χ0) is 15.0. The van der Waals surface area contributed by atoms with Gasteiger partial charge in [-0.25, -0.2) is 8.42 Å². The van der Waals surface area contributed by atoms with Crippen LogP contribution < -0.4 is 0 Å². The highest BCUT2D eigenvalue weighted by Crippen LogP contribution is 2.34. The summed E-state index contributed by atoms with van der Waals surface area (Å²) in [4.78, 5) is -0.532. The van der Waals surface area contributed by atoms with E-state index >= 15 is 0 Å². The first-order chi connectivity index (χ1) is 9.23. The number of morpholine rings is 1. The van der Waals surface area contributed by atoms with E-state index in [2.05, 4.69) is 0 Å². The third-order valence-corrected chi connectivity index (χ3v) is 5.23. The molecule has 20 heavy (non-hydrogen) atoms. The van der Waals surface area contributed by atoms with Crippen LogP contribution in [0.2, 0.25) is 5.02 Å². The molecule has 4 nitrogen and oxygen atoms in total. The number of ether oxygens (including phenoxy) is 1. The fraction of sp³-hybridized carbons (Fsp3) is 0.455. The topological polar surface area (TPSA) is 46.6 Å². The molecule has 9 heteroatoms. The van der Waals surface area contributed by atoms with E-state index in [0.717, 1.165) is 16.4 Å². The van der Waals surface area contributed by atoms with Crippen molar-refractivity contribution in [1.82, 2.24) is 4.31 Å². The maximum Gasteiger partial charge on any atom is 0.416 e. The van der Waals surface area contributed by atoms with Crippen LogP contribution in [0.3, 0.4) is 0 Å². The summed E-state index contributed by atoms with van der Waals surface area (Å²) < 4.78 is 68.7. The van der Waals surface area contributed by atoms with Crippen LogP contribution in [0.1, 0.15) is 5.56 Å². The molecular weight excluding hydrogens is 319 g/mol. The second kappa shape index (κ2) is 5.51. The van der Waals surface area contributed by atoms with Gasteiger partial charge >= 0.3 is 6.18 Å². The Bertz CT molecular complexity index is 597. The molecule has 1 heterocycles. The monoisotopic (exact) mass is 329 g/mol. The van der Waals surface area contributed by atoms with E-state index in [4.69, 9.17) is 16.3 Å². The van der Waals surface area contributed by atoms with Crippen LogP contribution in [0.4, 0.5) is 13.2 Å². The molecule has 0 atom stereocenters. The maximum absolute atomic E-state index is 12.7. The van der Waals surface area contributed by atoms with Gasteiger partial charge in [0.2, 0.25) is 10.0 Å². The zero-order valence-corrected chi connectivity index (χ0v) is 11.7. The minimum absolute atomic E-state index is 0.0922. The highest BCUT2D eigenvalue weighted by atomic mass is 35.5. The van der Waals surface area contributed by atoms with Crippen molar-refractivity contribution in [3.05, 3.63) is 28.8 Å². The average Bonchev–Trinajstić information content (AvgIpc) is 2.38. The summed E-state index contributed by atoms with van der Waals surface area (Å²) in [5.41, 5.74) is -1.05. The molecule has 0 aromatic heterocycles. The number of sulfonamides is 1. The summed E-state index contributed by atoms with van der Waals surface area (Å²) in [6, 6.07) is 2.26. The first kappa shape index (κ1) is 15.6. The molecule has 0 radical (unpaired) electrons. The second-order valence-corrected chi connectivity index (χ2v) is 6.47. The van der Waals surface area contributed by atoms with Crippen LogP contribution in [0.15, 0.2) is 23.1 Å². The Morgan fingerprint density at radius 1 is 1.20 bits per heavy atom. The van der Waals surface area contributed by atoms with Gasteiger partial charge in [-0.1, -0.05) is 11.6 Å². The number of rotatable bonds is 2. The maximum atomic E-state index is 12.7. The molecule has 0 aliphatic carbocycles. The molecule has 2 rings (SSSR count). The average molecular weight is 330 g/mol. The van der Waals surface area contributed by atoms with Gasteiger partial charge in [-0.3, -0.25) is 0 Å². The van der Waals surface area contributed by atoms with E-state index in [-0.39, 0.29) is 31.3 Å². The van der Waals surface area contributed by atoms with Crippen LogP contribution in [-0.2, 0) is 20.9 Å². The van der Waals surface area contributed by atoms with Gasteiger partial charge in [0, 0.05) is 13.1 Å². The fourth-order valence-electron chi connectivity index (χ4n) is 1.80. The molecule has 1 aromatic rings. The number of hydrogen-bond donors (Lipinski definition) is 0. The first-order valence-electron chi connectivity index (χ1n) is 5.67. The molecule has 1 saturated heterocycles. The lowest BCUT2D eigenvalue weighted by Gasteiger charge is -2.26. The van der Waals surface area contributed by atoms with Crippen molar-refractivity contribution < 1.29 is 26.3 Å². The molecule has 1 aliphatic rings. The van der Waals surface area contributed by atoms with Crippen LogP contribution in [-0.4, -0.2) is 39.0 Å². The molecule has 112 valence electrons. The number of nitrogens with zero attached hydrogens (tertiary/aromatic N) is 1. The Labute approximate surface area is 119 Å². The molecular formula is C11H11ClF3NO3S. The van der Waals surface area contributed by atoms with Gasteiger partial charge in [-0.2, -0.15) is 17.5 Å². The van der Waals surface area contributed by atoms with Crippen molar-refractivity contribution in [1.29, 1.82) is 0 Å². The molecule has 0 bridgehead atoms. The van der Waals surface area contributed by atoms with Crippen LogP contribution in [0.5, 0.6) is 0 Å². The number of halogens is 4. The standard InChI is InChI=1S/C11H11ClF3NO3S/c12-9-2-1-8(11(13,14)15)7-10(9)20(17,18)16-3-5-19-6-4-16/h1-2,7H,3-6H2. The van der Waals surface area contributed by atoms with Crippen LogP contribution in [0.25, 0.3) is 0 Å². The van der Waals surface area contributed by atoms with Crippen molar-refractivity contribution >= 4 is 21.6 Å². The lowest BCUT2D eigenvalue weighted by molar-refractivity contribution is -0.137. The molecule has 0 spiro atoms. The van der Waals surface area contributed by atoms with E-state index in [9.17, 15) is 21.6 Å². The molecule has 1 aromatic carbocycles. The van der Waals surface area contributed by atoms with Crippen molar-refractivity contribution in [3.8, 4) is 0 Å². The lowest BCUT2D eigenvalue weighted by atomic mass is 10.2. The van der Waals surface area contributed by atoms with Crippen molar-refractivity contribution in [2.24, 2.45) is 0 Å². The van der Waals surface area contributed by atoms with Crippen molar-refractivity contribution in [2.45, 2.75) is 11.1 Å². The lowest BCUT2D eigenvalue weighted by Crippen LogP contribution is -2.40.